The van der Waals surface area contributed by atoms with Gasteiger partial charge in [-0.05, 0) is 91.3 Å². The third-order valence-electron chi connectivity index (χ3n) is 12.9. The Balaban J connectivity index is 1.37. The molecule has 0 aromatic rings. The lowest BCUT2D eigenvalue weighted by molar-refractivity contribution is -0.379. The van der Waals surface area contributed by atoms with Gasteiger partial charge in [0, 0.05) is 5.92 Å². The van der Waals surface area contributed by atoms with E-state index in [1.807, 2.05) is 0 Å². The molecule has 0 amide bonds. The van der Waals surface area contributed by atoms with E-state index < -0.39 is 48.8 Å². The van der Waals surface area contributed by atoms with Gasteiger partial charge in [-0.1, -0.05) is 65.5 Å². The second kappa shape index (κ2) is 11.2. The molecule has 5 rings (SSSR count). The van der Waals surface area contributed by atoms with Gasteiger partial charge in [0.2, 0.25) is 5.79 Å². The molecule has 1 aliphatic heterocycles. The summed E-state index contributed by atoms with van der Waals surface area (Å²) >= 11 is 0. The van der Waals surface area contributed by atoms with Crippen molar-refractivity contribution in [2.75, 3.05) is 6.61 Å². The third kappa shape index (κ3) is 4.84. The minimum Gasteiger partial charge on any atom is -0.394 e. The fourth-order valence-corrected chi connectivity index (χ4v) is 10.6. The summed E-state index contributed by atoms with van der Waals surface area (Å²) in [6.45, 7) is 11.3. The van der Waals surface area contributed by atoms with Gasteiger partial charge in [-0.2, -0.15) is 0 Å². The first-order valence-electron chi connectivity index (χ1n) is 16.2. The molecule has 5 aliphatic rings. The van der Waals surface area contributed by atoms with E-state index in [4.69, 9.17) is 4.74 Å². The van der Waals surface area contributed by atoms with Crippen LogP contribution in [-0.2, 0) is 4.74 Å². The summed E-state index contributed by atoms with van der Waals surface area (Å²) < 4.78 is 5.73. The molecule has 7 nitrogen and oxygen atoms in total. The third-order valence-corrected chi connectivity index (χ3v) is 12.9. The number of rotatable bonds is 7. The highest BCUT2D eigenvalue weighted by molar-refractivity contribution is 5.27. The molecule has 0 radical (unpaired) electrons. The maximum Gasteiger partial charge on any atom is 0.200 e. The van der Waals surface area contributed by atoms with Gasteiger partial charge < -0.3 is 35.4 Å². The lowest BCUT2D eigenvalue weighted by Gasteiger charge is -2.61. The van der Waals surface area contributed by atoms with Crippen molar-refractivity contribution >= 4 is 0 Å². The lowest BCUT2D eigenvalue weighted by Crippen LogP contribution is -2.70. The summed E-state index contributed by atoms with van der Waals surface area (Å²) in [4.78, 5) is 0. The summed E-state index contributed by atoms with van der Waals surface area (Å²) in [5.41, 5.74) is 1.33. The standard InChI is InChI=1S/C33H56O7/c1-18(2)7-6-8-19(3)22-11-12-23-21-10-9-20-15-26(35)25(16-32(20,5)24(21)13-14-31(22,23)4)33(39)30(38)29(37)28(36)27(17-34)40-33/h9,18-19,21-30,34-39H,6-8,10-17H2,1-5H3/t19-,21+,22-,23+,24+,25?,26+,27-,28-,29+,30-,31-,32+,33+/m1/s1. The van der Waals surface area contributed by atoms with Crippen molar-refractivity contribution in [2.24, 2.45) is 52.3 Å². The number of fused-ring (bicyclic) bond motifs is 5. The molecule has 1 unspecified atom stereocenters. The van der Waals surface area contributed by atoms with Crippen LogP contribution >= 0.6 is 0 Å². The average molecular weight is 565 g/mol. The van der Waals surface area contributed by atoms with Crippen molar-refractivity contribution in [1.29, 1.82) is 0 Å². The quantitative estimate of drug-likeness (QED) is 0.260. The Hall–Kier alpha value is -0.540. The van der Waals surface area contributed by atoms with E-state index in [2.05, 4.69) is 40.7 Å². The Morgan fingerprint density at radius 2 is 1.68 bits per heavy atom. The molecule has 40 heavy (non-hydrogen) atoms. The second-order valence-corrected chi connectivity index (χ2v) is 15.4. The molecule has 4 aliphatic carbocycles. The van der Waals surface area contributed by atoms with Gasteiger partial charge in [0.25, 0.3) is 0 Å². The second-order valence-electron chi connectivity index (χ2n) is 15.4. The Bertz CT molecular complexity index is 936. The van der Waals surface area contributed by atoms with Crippen molar-refractivity contribution in [3.8, 4) is 0 Å². The fraction of sp³-hybridized carbons (Fsp3) is 0.939. The molecular weight excluding hydrogens is 508 g/mol. The van der Waals surface area contributed by atoms with Gasteiger partial charge in [-0.3, -0.25) is 0 Å². The zero-order valence-corrected chi connectivity index (χ0v) is 25.4. The van der Waals surface area contributed by atoms with Gasteiger partial charge in [0.05, 0.1) is 12.7 Å². The first-order chi connectivity index (χ1) is 18.8. The first-order valence-corrected chi connectivity index (χ1v) is 16.2. The zero-order chi connectivity index (χ0) is 29.2. The van der Waals surface area contributed by atoms with E-state index in [-0.39, 0.29) is 5.41 Å². The van der Waals surface area contributed by atoms with Crippen molar-refractivity contribution in [3.05, 3.63) is 11.6 Å². The van der Waals surface area contributed by atoms with E-state index >= 15 is 0 Å². The Labute approximate surface area is 241 Å². The van der Waals surface area contributed by atoms with Crippen molar-refractivity contribution in [2.45, 2.75) is 135 Å². The number of hydrogen-bond acceptors (Lipinski definition) is 7. The zero-order valence-electron chi connectivity index (χ0n) is 25.4. The Morgan fingerprint density at radius 1 is 0.950 bits per heavy atom. The lowest BCUT2D eigenvalue weighted by atomic mass is 9.45. The molecule has 6 N–H and O–H groups in total. The van der Waals surface area contributed by atoms with E-state index in [1.54, 1.807) is 0 Å². The molecule has 7 heteroatoms. The van der Waals surface area contributed by atoms with Crippen molar-refractivity contribution < 1.29 is 35.4 Å². The monoisotopic (exact) mass is 564 g/mol. The normalized spacial score (nSPS) is 51.5. The van der Waals surface area contributed by atoms with Crippen LogP contribution < -0.4 is 0 Å². The van der Waals surface area contributed by atoms with Crippen LogP contribution in [0.2, 0.25) is 0 Å². The highest BCUT2D eigenvalue weighted by atomic mass is 16.7. The molecule has 0 bridgehead atoms. The largest absolute Gasteiger partial charge is 0.394 e. The smallest absolute Gasteiger partial charge is 0.200 e. The maximum absolute atomic E-state index is 11.7. The Morgan fingerprint density at radius 3 is 2.35 bits per heavy atom. The highest BCUT2D eigenvalue weighted by Crippen LogP contribution is 2.68. The van der Waals surface area contributed by atoms with Crippen LogP contribution in [0.4, 0.5) is 0 Å². The van der Waals surface area contributed by atoms with E-state index in [9.17, 15) is 30.6 Å². The molecule has 4 fully saturated rings. The van der Waals surface area contributed by atoms with Crippen molar-refractivity contribution in [3.63, 3.8) is 0 Å². The minimum absolute atomic E-state index is 0.260. The molecule has 1 heterocycles. The topological polar surface area (TPSA) is 131 Å². The number of aliphatic hydroxyl groups excluding tert-OH is 5. The van der Waals surface area contributed by atoms with Gasteiger partial charge in [-0.15, -0.1) is 0 Å². The van der Waals surface area contributed by atoms with Gasteiger partial charge >= 0.3 is 0 Å². The number of aliphatic hydroxyl groups is 6. The molecule has 14 atom stereocenters. The van der Waals surface area contributed by atoms with Gasteiger partial charge in [0.1, 0.15) is 24.4 Å². The fourth-order valence-electron chi connectivity index (χ4n) is 10.6. The number of allylic oxidation sites excluding steroid dienone is 1. The summed E-state index contributed by atoms with van der Waals surface area (Å²) in [5.74, 6) is 0.788. The highest BCUT2D eigenvalue weighted by Gasteiger charge is 2.64. The van der Waals surface area contributed by atoms with Crippen LogP contribution in [-0.4, -0.2) is 73.6 Å². The van der Waals surface area contributed by atoms with Crippen LogP contribution in [0.25, 0.3) is 0 Å². The molecular formula is C33H56O7. The summed E-state index contributed by atoms with van der Waals surface area (Å²) in [5, 5.41) is 64.4. The summed E-state index contributed by atoms with van der Waals surface area (Å²) in [7, 11) is 0. The molecule has 230 valence electrons. The summed E-state index contributed by atoms with van der Waals surface area (Å²) in [6.07, 6.45) is 5.87. The molecule has 3 saturated carbocycles. The first kappa shape index (κ1) is 30.9. The van der Waals surface area contributed by atoms with Gasteiger partial charge in [0.15, 0.2) is 0 Å². The van der Waals surface area contributed by atoms with Crippen LogP contribution in [0.15, 0.2) is 11.6 Å². The molecule has 1 saturated heterocycles. The average Bonchev–Trinajstić information content (AvgIpc) is 3.26. The number of hydrogen-bond donors (Lipinski definition) is 6. The molecule has 0 spiro atoms. The van der Waals surface area contributed by atoms with Crippen LogP contribution in [0.3, 0.4) is 0 Å². The number of ether oxygens (including phenoxy) is 1. The summed E-state index contributed by atoms with van der Waals surface area (Å²) in [6, 6.07) is 0. The molecule has 0 aromatic heterocycles. The van der Waals surface area contributed by atoms with E-state index in [1.165, 1.54) is 44.1 Å². The Kier molecular flexibility index (Phi) is 8.64. The van der Waals surface area contributed by atoms with Crippen molar-refractivity contribution in [1.82, 2.24) is 0 Å². The predicted octanol–water partition coefficient (Wildman–Crippen LogP) is 3.78. The van der Waals surface area contributed by atoms with E-state index in [0.717, 1.165) is 30.6 Å². The van der Waals surface area contributed by atoms with E-state index in [0.29, 0.717) is 36.0 Å². The van der Waals surface area contributed by atoms with Crippen LogP contribution in [0.5, 0.6) is 0 Å². The minimum atomic E-state index is -2.26. The van der Waals surface area contributed by atoms with Crippen LogP contribution in [0, 0.1) is 52.3 Å². The SMILES string of the molecule is CC(C)CCC[C@@H](C)[C@H]1CC[C@H]2[C@@H]3CC=C4C[C@H](O)C([C@]5(O)O[C@H](CO)[C@@H](O)[C@H](O)[C@H]5O)C[C@]4(C)[C@H]3CC[C@]12C. The predicted molar refractivity (Wildman–Crippen MR) is 153 cm³/mol. The van der Waals surface area contributed by atoms with Gasteiger partial charge in [-0.25, -0.2) is 0 Å². The van der Waals surface area contributed by atoms with Crippen LogP contribution in [0.1, 0.15) is 98.8 Å². The molecule has 0 aromatic carbocycles. The maximum atomic E-state index is 11.7.